The molecule has 82 valence electrons. The number of nitrogens with two attached hydrogens (primary N) is 1. The zero-order valence-corrected chi connectivity index (χ0v) is 9.20. The van der Waals surface area contributed by atoms with E-state index < -0.39 is 0 Å². The summed E-state index contributed by atoms with van der Waals surface area (Å²) in [6, 6.07) is 6.70. The van der Waals surface area contributed by atoms with Crippen molar-refractivity contribution < 1.29 is 4.92 Å². The van der Waals surface area contributed by atoms with Gasteiger partial charge in [0.05, 0.1) is 4.92 Å². The van der Waals surface area contributed by atoms with Gasteiger partial charge in [0.1, 0.15) is 0 Å². The van der Waals surface area contributed by atoms with E-state index in [0.29, 0.717) is 6.54 Å². The Balaban J connectivity index is 2.39. The molecule has 15 heavy (non-hydrogen) atoms. The molecule has 0 aromatic heterocycles. The van der Waals surface area contributed by atoms with E-state index in [1.165, 1.54) is 0 Å². The number of nitro groups is 1. The average molecular weight is 226 g/mol. The number of non-ortho nitro benzene ring substituents is 1. The average Bonchev–Trinajstić information content (AvgIpc) is 2.25. The first-order valence-corrected chi connectivity index (χ1v) is 5.90. The fourth-order valence-corrected chi connectivity index (χ4v) is 1.91. The summed E-state index contributed by atoms with van der Waals surface area (Å²) < 4.78 is 0. The van der Waals surface area contributed by atoms with Crippen molar-refractivity contribution in [2.45, 2.75) is 6.42 Å². The van der Waals surface area contributed by atoms with Crippen LogP contribution in [0.15, 0.2) is 24.3 Å². The van der Waals surface area contributed by atoms with E-state index in [1.807, 2.05) is 0 Å². The predicted octanol–water partition coefficient (Wildman–Crippen LogP) is 1.83. The maximum absolute atomic E-state index is 10.4. The van der Waals surface area contributed by atoms with Crippen LogP contribution in [0, 0.1) is 10.1 Å². The summed E-state index contributed by atoms with van der Waals surface area (Å²) in [6.07, 6.45) is 0.933. The summed E-state index contributed by atoms with van der Waals surface area (Å²) in [5.74, 6) is 1.97. The van der Waals surface area contributed by atoms with E-state index in [0.717, 1.165) is 23.5 Å². The summed E-state index contributed by atoms with van der Waals surface area (Å²) in [6.45, 7) is 0.699. The van der Waals surface area contributed by atoms with Crippen molar-refractivity contribution >= 4 is 17.4 Å². The molecule has 0 aliphatic heterocycles. The predicted molar refractivity (Wildman–Crippen MR) is 63.2 cm³/mol. The van der Waals surface area contributed by atoms with Crippen LogP contribution in [0.4, 0.5) is 5.69 Å². The molecule has 1 aromatic rings. The number of benzene rings is 1. The summed E-state index contributed by atoms with van der Waals surface area (Å²) in [7, 11) is 0. The van der Waals surface area contributed by atoms with Crippen LogP contribution in [-0.4, -0.2) is 23.0 Å². The molecular formula is C10H14N2O2S. The molecule has 0 saturated carbocycles. The molecule has 0 fully saturated rings. The molecule has 0 saturated heterocycles. The monoisotopic (exact) mass is 226 g/mol. The molecular weight excluding hydrogens is 212 g/mol. The maximum Gasteiger partial charge on any atom is 0.269 e. The van der Waals surface area contributed by atoms with Crippen LogP contribution in [0.5, 0.6) is 0 Å². The summed E-state index contributed by atoms with van der Waals surface area (Å²) in [4.78, 5) is 10.0. The minimum absolute atomic E-state index is 0.147. The first kappa shape index (κ1) is 12.0. The van der Waals surface area contributed by atoms with E-state index >= 15 is 0 Å². The van der Waals surface area contributed by atoms with Crippen molar-refractivity contribution in [3.05, 3.63) is 39.9 Å². The summed E-state index contributed by atoms with van der Waals surface area (Å²) >= 11 is 1.80. The molecule has 0 atom stereocenters. The van der Waals surface area contributed by atoms with Crippen LogP contribution >= 0.6 is 11.8 Å². The Morgan fingerprint density at radius 3 is 2.47 bits per heavy atom. The van der Waals surface area contributed by atoms with Gasteiger partial charge in [-0.2, -0.15) is 11.8 Å². The molecule has 0 heterocycles. The van der Waals surface area contributed by atoms with Crippen LogP contribution in [0.1, 0.15) is 5.56 Å². The topological polar surface area (TPSA) is 69.2 Å². The lowest BCUT2D eigenvalue weighted by Gasteiger charge is -2.00. The zero-order valence-electron chi connectivity index (χ0n) is 8.39. The number of nitro benzene ring substituents is 1. The maximum atomic E-state index is 10.4. The molecule has 0 aliphatic rings. The molecule has 0 unspecified atom stereocenters. The third-order valence-electron chi connectivity index (χ3n) is 1.94. The van der Waals surface area contributed by atoms with Crippen molar-refractivity contribution in [3.63, 3.8) is 0 Å². The third kappa shape index (κ3) is 4.31. The Bertz CT molecular complexity index is 314. The van der Waals surface area contributed by atoms with E-state index in [1.54, 1.807) is 36.0 Å². The Kier molecular flexibility index (Phi) is 5.14. The zero-order chi connectivity index (χ0) is 11.1. The highest BCUT2D eigenvalue weighted by Crippen LogP contribution is 2.13. The Labute approximate surface area is 93.0 Å². The van der Waals surface area contributed by atoms with Crippen molar-refractivity contribution in [1.29, 1.82) is 0 Å². The van der Waals surface area contributed by atoms with Gasteiger partial charge in [-0.3, -0.25) is 10.1 Å². The van der Waals surface area contributed by atoms with Gasteiger partial charge in [0.25, 0.3) is 5.69 Å². The Hall–Kier alpha value is -1.07. The molecule has 0 bridgehead atoms. The van der Waals surface area contributed by atoms with Gasteiger partial charge in [-0.1, -0.05) is 12.1 Å². The fourth-order valence-electron chi connectivity index (χ4n) is 1.16. The van der Waals surface area contributed by atoms with Gasteiger partial charge in [-0.05, 0) is 17.7 Å². The van der Waals surface area contributed by atoms with E-state index in [2.05, 4.69) is 0 Å². The molecule has 1 aromatic carbocycles. The number of nitrogens with zero attached hydrogens (tertiary/aromatic N) is 1. The van der Waals surface area contributed by atoms with Gasteiger partial charge in [0.15, 0.2) is 0 Å². The quantitative estimate of drug-likeness (QED) is 0.456. The van der Waals surface area contributed by atoms with E-state index in [4.69, 9.17) is 5.73 Å². The van der Waals surface area contributed by atoms with Crippen molar-refractivity contribution in [1.82, 2.24) is 0 Å². The highest BCUT2D eigenvalue weighted by molar-refractivity contribution is 7.99. The van der Waals surface area contributed by atoms with Crippen LogP contribution in [-0.2, 0) is 6.42 Å². The highest BCUT2D eigenvalue weighted by Gasteiger charge is 2.03. The van der Waals surface area contributed by atoms with Gasteiger partial charge in [0, 0.05) is 24.4 Å². The number of rotatable bonds is 6. The number of aryl methyl sites for hydroxylation is 1. The fraction of sp³-hybridized carbons (Fsp3) is 0.400. The van der Waals surface area contributed by atoms with Crippen LogP contribution < -0.4 is 5.73 Å². The lowest BCUT2D eigenvalue weighted by atomic mass is 10.1. The minimum Gasteiger partial charge on any atom is -0.330 e. The third-order valence-corrected chi connectivity index (χ3v) is 2.96. The van der Waals surface area contributed by atoms with Gasteiger partial charge >= 0.3 is 0 Å². The minimum atomic E-state index is -0.382. The number of thioether (sulfide) groups is 1. The van der Waals surface area contributed by atoms with E-state index in [-0.39, 0.29) is 10.6 Å². The van der Waals surface area contributed by atoms with Gasteiger partial charge in [-0.25, -0.2) is 0 Å². The van der Waals surface area contributed by atoms with Crippen molar-refractivity contribution in [3.8, 4) is 0 Å². The second-order valence-corrected chi connectivity index (χ2v) is 4.30. The largest absolute Gasteiger partial charge is 0.330 e. The molecule has 0 radical (unpaired) electrons. The van der Waals surface area contributed by atoms with Crippen molar-refractivity contribution in [2.24, 2.45) is 5.73 Å². The second kappa shape index (κ2) is 6.42. The lowest BCUT2D eigenvalue weighted by molar-refractivity contribution is -0.384. The molecule has 4 nitrogen and oxygen atoms in total. The van der Waals surface area contributed by atoms with Gasteiger partial charge in [0.2, 0.25) is 0 Å². The molecule has 2 N–H and O–H groups in total. The molecule has 0 aliphatic carbocycles. The van der Waals surface area contributed by atoms with Gasteiger partial charge < -0.3 is 5.73 Å². The lowest BCUT2D eigenvalue weighted by Crippen LogP contribution is -2.02. The molecule has 1 rings (SSSR count). The Morgan fingerprint density at radius 1 is 1.27 bits per heavy atom. The first-order chi connectivity index (χ1) is 7.24. The van der Waals surface area contributed by atoms with Crippen LogP contribution in [0.25, 0.3) is 0 Å². The molecule has 0 spiro atoms. The SMILES string of the molecule is NCCSCCc1ccc([N+](=O)[O-])cc1. The number of hydrogen-bond donors (Lipinski definition) is 1. The normalized spacial score (nSPS) is 10.2. The van der Waals surface area contributed by atoms with Crippen LogP contribution in [0.2, 0.25) is 0 Å². The highest BCUT2D eigenvalue weighted by atomic mass is 32.2. The standard InChI is InChI=1S/C10H14N2O2S/c11-6-8-15-7-5-9-1-3-10(4-2-9)12(13)14/h1-4H,5-8,11H2. The molecule has 0 amide bonds. The van der Waals surface area contributed by atoms with Crippen molar-refractivity contribution in [2.75, 3.05) is 18.1 Å². The number of hydrogen-bond acceptors (Lipinski definition) is 4. The Morgan fingerprint density at radius 2 is 1.93 bits per heavy atom. The first-order valence-electron chi connectivity index (χ1n) is 4.75. The summed E-state index contributed by atoms with van der Waals surface area (Å²) in [5.41, 5.74) is 6.64. The summed E-state index contributed by atoms with van der Waals surface area (Å²) in [5, 5.41) is 10.4. The molecule has 5 heteroatoms. The van der Waals surface area contributed by atoms with Crippen LogP contribution in [0.3, 0.4) is 0 Å². The smallest absolute Gasteiger partial charge is 0.269 e. The van der Waals surface area contributed by atoms with Gasteiger partial charge in [-0.15, -0.1) is 0 Å². The second-order valence-electron chi connectivity index (χ2n) is 3.07. The van der Waals surface area contributed by atoms with E-state index in [9.17, 15) is 10.1 Å².